The summed E-state index contributed by atoms with van der Waals surface area (Å²) in [4.78, 5) is 11.8. The Bertz CT molecular complexity index is 709. The summed E-state index contributed by atoms with van der Waals surface area (Å²) < 4.78 is 28.1. The van der Waals surface area contributed by atoms with E-state index in [-0.39, 0.29) is 18.2 Å². The summed E-state index contributed by atoms with van der Waals surface area (Å²) in [6, 6.07) is 3.75. The highest BCUT2D eigenvalue weighted by atomic mass is 19.2. The van der Waals surface area contributed by atoms with Gasteiger partial charge in [-0.05, 0) is 24.6 Å². The normalized spacial score (nSPS) is 17.8. The average Bonchev–Trinajstić information content (AvgIpc) is 2.67. The molecule has 104 valence electrons. The zero-order chi connectivity index (χ0) is 14.4. The van der Waals surface area contributed by atoms with E-state index >= 15 is 0 Å². The van der Waals surface area contributed by atoms with Crippen LogP contribution in [0.3, 0.4) is 0 Å². The third-order valence-electron chi connectivity index (χ3n) is 3.61. The molecule has 1 N–H and O–H groups in total. The van der Waals surface area contributed by atoms with Gasteiger partial charge in [0.05, 0.1) is 5.69 Å². The number of hydrogen-bond donors (Lipinski definition) is 1. The number of anilines is 1. The summed E-state index contributed by atoms with van der Waals surface area (Å²) >= 11 is 0. The molecule has 20 heavy (non-hydrogen) atoms. The van der Waals surface area contributed by atoms with Crippen molar-refractivity contribution in [1.29, 1.82) is 0 Å². The third-order valence-corrected chi connectivity index (χ3v) is 3.61. The van der Waals surface area contributed by atoms with Crippen molar-refractivity contribution in [3.8, 4) is 0 Å². The molecule has 1 aliphatic heterocycles. The van der Waals surface area contributed by atoms with Gasteiger partial charge in [0.25, 0.3) is 0 Å². The lowest BCUT2D eigenvalue weighted by molar-refractivity contribution is -0.116. The smallest absolute Gasteiger partial charge is 0.226 e. The highest BCUT2D eigenvalue weighted by Crippen LogP contribution is 2.39. The van der Waals surface area contributed by atoms with Gasteiger partial charge in [-0.1, -0.05) is 6.07 Å². The standard InChI is InChI=1S/C14H13F2N3O/c1-7-13-9(8-3-4-10(15)11(16)5-8)6-12(20)17-14(13)19(2)18-7/h3-5,9H,6H2,1-2H3,(H,17,20). The highest BCUT2D eigenvalue weighted by molar-refractivity contribution is 5.94. The molecule has 6 heteroatoms. The highest BCUT2D eigenvalue weighted by Gasteiger charge is 2.31. The fourth-order valence-electron chi connectivity index (χ4n) is 2.72. The van der Waals surface area contributed by atoms with Gasteiger partial charge in [-0.2, -0.15) is 5.10 Å². The Kier molecular flexibility index (Phi) is 2.81. The molecule has 0 radical (unpaired) electrons. The first kappa shape index (κ1) is 12.8. The molecule has 1 amide bonds. The lowest BCUT2D eigenvalue weighted by Crippen LogP contribution is -2.24. The number of aromatic nitrogens is 2. The molecule has 3 rings (SSSR count). The van der Waals surface area contributed by atoms with Crippen LogP contribution in [0.2, 0.25) is 0 Å². The van der Waals surface area contributed by atoms with E-state index in [0.29, 0.717) is 11.4 Å². The number of benzene rings is 1. The number of carbonyl (C=O) groups excluding carboxylic acids is 1. The molecule has 4 nitrogen and oxygen atoms in total. The molecule has 1 aliphatic rings. The number of rotatable bonds is 1. The summed E-state index contributed by atoms with van der Waals surface area (Å²) in [5.74, 6) is -1.64. The zero-order valence-corrected chi connectivity index (χ0v) is 11.1. The van der Waals surface area contributed by atoms with Crippen molar-refractivity contribution in [2.45, 2.75) is 19.3 Å². The van der Waals surface area contributed by atoms with Crippen molar-refractivity contribution >= 4 is 11.7 Å². The predicted molar refractivity (Wildman–Crippen MR) is 69.4 cm³/mol. The first-order valence-corrected chi connectivity index (χ1v) is 6.25. The Labute approximate surface area is 114 Å². The van der Waals surface area contributed by atoms with Crippen LogP contribution in [0.4, 0.5) is 14.6 Å². The molecule has 1 aromatic heterocycles. The topological polar surface area (TPSA) is 46.9 Å². The Balaban J connectivity index is 2.15. The summed E-state index contributed by atoms with van der Waals surface area (Å²) in [6.45, 7) is 1.84. The van der Waals surface area contributed by atoms with E-state index in [4.69, 9.17) is 0 Å². The quantitative estimate of drug-likeness (QED) is 0.870. The van der Waals surface area contributed by atoms with Crippen LogP contribution in [0.5, 0.6) is 0 Å². The van der Waals surface area contributed by atoms with E-state index in [1.54, 1.807) is 11.7 Å². The van der Waals surface area contributed by atoms with Crippen molar-refractivity contribution in [2.75, 3.05) is 5.32 Å². The molecule has 0 saturated carbocycles. The monoisotopic (exact) mass is 277 g/mol. The fourth-order valence-corrected chi connectivity index (χ4v) is 2.72. The van der Waals surface area contributed by atoms with E-state index < -0.39 is 11.6 Å². The fraction of sp³-hybridized carbons (Fsp3) is 0.286. The number of nitrogens with zero attached hydrogens (tertiary/aromatic N) is 2. The number of aryl methyl sites for hydroxylation is 2. The Morgan fingerprint density at radius 3 is 2.80 bits per heavy atom. The van der Waals surface area contributed by atoms with E-state index in [0.717, 1.165) is 23.4 Å². The van der Waals surface area contributed by atoms with Gasteiger partial charge >= 0.3 is 0 Å². The van der Waals surface area contributed by atoms with Crippen LogP contribution in [0.1, 0.15) is 29.2 Å². The van der Waals surface area contributed by atoms with E-state index in [9.17, 15) is 13.6 Å². The summed E-state index contributed by atoms with van der Waals surface area (Å²) in [5.41, 5.74) is 2.21. The van der Waals surface area contributed by atoms with Crippen molar-refractivity contribution in [3.05, 3.63) is 46.7 Å². The van der Waals surface area contributed by atoms with Gasteiger partial charge in [-0.15, -0.1) is 0 Å². The minimum absolute atomic E-state index is 0.157. The second kappa shape index (κ2) is 4.40. The minimum atomic E-state index is -0.906. The molecule has 2 heterocycles. The van der Waals surface area contributed by atoms with Gasteiger partial charge in [0.15, 0.2) is 11.6 Å². The molecular weight excluding hydrogens is 264 g/mol. The second-order valence-corrected chi connectivity index (χ2v) is 4.95. The van der Waals surface area contributed by atoms with Gasteiger partial charge in [-0.3, -0.25) is 9.48 Å². The molecule has 1 aromatic carbocycles. The maximum absolute atomic E-state index is 13.4. The summed E-state index contributed by atoms with van der Waals surface area (Å²) in [6.07, 6.45) is 0.199. The van der Waals surface area contributed by atoms with Gasteiger partial charge in [0.1, 0.15) is 5.82 Å². The predicted octanol–water partition coefficient (Wildman–Crippen LogP) is 2.48. The Hall–Kier alpha value is -2.24. The van der Waals surface area contributed by atoms with Crippen molar-refractivity contribution in [3.63, 3.8) is 0 Å². The third kappa shape index (κ3) is 1.88. The van der Waals surface area contributed by atoms with Gasteiger partial charge in [0.2, 0.25) is 5.91 Å². The van der Waals surface area contributed by atoms with Crippen LogP contribution in [0.25, 0.3) is 0 Å². The maximum Gasteiger partial charge on any atom is 0.226 e. The molecule has 0 bridgehead atoms. The maximum atomic E-state index is 13.4. The van der Waals surface area contributed by atoms with Crippen LogP contribution < -0.4 is 5.32 Å². The number of amides is 1. The van der Waals surface area contributed by atoms with Crippen LogP contribution in [0.15, 0.2) is 18.2 Å². The molecule has 0 spiro atoms. The van der Waals surface area contributed by atoms with Crippen molar-refractivity contribution in [1.82, 2.24) is 9.78 Å². The second-order valence-electron chi connectivity index (χ2n) is 4.95. The first-order chi connectivity index (χ1) is 9.47. The molecular formula is C14H13F2N3O. The molecule has 2 aromatic rings. The van der Waals surface area contributed by atoms with E-state index in [2.05, 4.69) is 10.4 Å². The van der Waals surface area contributed by atoms with Gasteiger partial charge in [0, 0.05) is 24.9 Å². The number of fused-ring (bicyclic) bond motifs is 1. The molecule has 0 saturated heterocycles. The van der Waals surface area contributed by atoms with Crippen molar-refractivity contribution in [2.24, 2.45) is 7.05 Å². The van der Waals surface area contributed by atoms with Crippen LogP contribution >= 0.6 is 0 Å². The van der Waals surface area contributed by atoms with Crippen LogP contribution in [-0.4, -0.2) is 15.7 Å². The largest absolute Gasteiger partial charge is 0.311 e. The Morgan fingerprint density at radius 1 is 1.35 bits per heavy atom. The zero-order valence-electron chi connectivity index (χ0n) is 11.1. The van der Waals surface area contributed by atoms with Crippen LogP contribution in [-0.2, 0) is 11.8 Å². The SMILES string of the molecule is Cc1nn(C)c2c1C(c1ccc(F)c(F)c1)CC(=O)N2. The number of halogens is 2. The number of nitrogens with one attached hydrogen (secondary N) is 1. The van der Waals surface area contributed by atoms with E-state index in [1.165, 1.54) is 6.07 Å². The van der Waals surface area contributed by atoms with Gasteiger partial charge in [-0.25, -0.2) is 8.78 Å². The summed E-state index contributed by atoms with van der Waals surface area (Å²) in [7, 11) is 1.74. The summed E-state index contributed by atoms with van der Waals surface area (Å²) in [5, 5.41) is 7.05. The molecule has 1 unspecified atom stereocenters. The number of carbonyl (C=O) groups is 1. The first-order valence-electron chi connectivity index (χ1n) is 6.25. The lowest BCUT2D eigenvalue weighted by atomic mass is 9.86. The molecule has 0 fully saturated rings. The lowest BCUT2D eigenvalue weighted by Gasteiger charge is -2.24. The van der Waals surface area contributed by atoms with Crippen LogP contribution in [0, 0.1) is 18.6 Å². The molecule has 0 aliphatic carbocycles. The Morgan fingerprint density at radius 2 is 2.10 bits per heavy atom. The minimum Gasteiger partial charge on any atom is -0.311 e. The van der Waals surface area contributed by atoms with Crippen molar-refractivity contribution < 1.29 is 13.6 Å². The molecule has 1 atom stereocenters. The van der Waals surface area contributed by atoms with E-state index in [1.807, 2.05) is 6.92 Å². The van der Waals surface area contributed by atoms with Gasteiger partial charge < -0.3 is 5.32 Å². The average molecular weight is 277 g/mol. The number of hydrogen-bond acceptors (Lipinski definition) is 2.